The lowest BCUT2D eigenvalue weighted by Gasteiger charge is -2.00. The van der Waals surface area contributed by atoms with E-state index in [-0.39, 0.29) is 17.1 Å². The van der Waals surface area contributed by atoms with Crippen LogP contribution >= 0.6 is 15.9 Å². The monoisotopic (exact) mass is 222 g/mol. The summed E-state index contributed by atoms with van der Waals surface area (Å²) in [7, 11) is 1.56. The van der Waals surface area contributed by atoms with Crippen molar-refractivity contribution in [2.45, 2.75) is 6.42 Å². The molecule has 0 radical (unpaired) electrons. The normalized spacial score (nSPS) is 8.91. The third-order valence-electron chi connectivity index (χ3n) is 1.07. The minimum atomic E-state index is -0.103. The lowest BCUT2D eigenvalue weighted by Crippen LogP contribution is -2.29. The van der Waals surface area contributed by atoms with Gasteiger partial charge in [0.1, 0.15) is 0 Å². The molecule has 0 aromatic rings. The zero-order valence-corrected chi connectivity index (χ0v) is 7.90. The van der Waals surface area contributed by atoms with Gasteiger partial charge in [-0.2, -0.15) is 0 Å². The van der Waals surface area contributed by atoms with Crippen LogP contribution < -0.4 is 10.6 Å². The summed E-state index contributed by atoms with van der Waals surface area (Å²) in [6.45, 7) is 0.393. The molecule has 0 aliphatic heterocycles. The maximum atomic E-state index is 10.6. The van der Waals surface area contributed by atoms with E-state index in [1.807, 2.05) is 0 Å². The molecule has 2 N–H and O–H groups in total. The Morgan fingerprint density at radius 3 is 2.45 bits per heavy atom. The van der Waals surface area contributed by atoms with E-state index in [0.29, 0.717) is 13.0 Å². The standard InChI is InChI=1S/C6H11BrN2O2/c1-8-5(10)2-3-9-6(11)4-7/h2-4H2,1H3,(H,8,10)(H,9,11). The molecule has 0 rings (SSSR count). The average Bonchev–Trinajstić information content (AvgIpc) is 2.04. The lowest BCUT2D eigenvalue weighted by molar-refractivity contribution is -0.121. The Morgan fingerprint density at radius 2 is 2.00 bits per heavy atom. The fraction of sp³-hybridized carbons (Fsp3) is 0.667. The van der Waals surface area contributed by atoms with Crippen LogP contribution in [0.15, 0.2) is 0 Å². The highest BCUT2D eigenvalue weighted by molar-refractivity contribution is 9.09. The molecule has 0 aliphatic carbocycles. The van der Waals surface area contributed by atoms with Gasteiger partial charge < -0.3 is 10.6 Å². The van der Waals surface area contributed by atoms with E-state index in [9.17, 15) is 9.59 Å². The predicted molar refractivity (Wildman–Crippen MR) is 45.5 cm³/mol. The number of amides is 2. The molecule has 0 fully saturated rings. The van der Waals surface area contributed by atoms with Gasteiger partial charge in [0.05, 0.1) is 5.33 Å². The Labute approximate surface area is 73.9 Å². The maximum Gasteiger partial charge on any atom is 0.230 e. The largest absolute Gasteiger partial charge is 0.359 e. The SMILES string of the molecule is CNC(=O)CCNC(=O)CBr. The van der Waals surface area contributed by atoms with E-state index in [1.54, 1.807) is 7.05 Å². The van der Waals surface area contributed by atoms with Crippen molar-refractivity contribution in [1.29, 1.82) is 0 Å². The molecule has 2 amide bonds. The van der Waals surface area contributed by atoms with Crippen molar-refractivity contribution >= 4 is 27.7 Å². The van der Waals surface area contributed by atoms with Crippen LogP contribution in [0.1, 0.15) is 6.42 Å². The molecule has 0 aliphatic rings. The molecular weight excluding hydrogens is 212 g/mol. The smallest absolute Gasteiger partial charge is 0.230 e. The van der Waals surface area contributed by atoms with Gasteiger partial charge in [0, 0.05) is 20.0 Å². The Bertz CT molecular complexity index is 134. The molecule has 0 unspecified atom stereocenters. The summed E-state index contributed by atoms with van der Waals surface area (Å²) >= 11 is 2.99. The summed E-state index contributed by atoms with van der Waals surface area (Å²) in [4.78, 5) is 21.2. The van der Waals surface area contributed by atoms with Crippen LogP contribution in [0, 0.1) is 0 Å². The molecule has 0 saturated carbocycles. The van der Waals surface area contributed by atoms with Crippen LogP contribution in [-0.4, -0.2) is 30.7 Å². The predicted octanol–water partition coefficient (Wildman–Crippen LogP) is -0.366. The minimum Gasteiger partial charge on any atom is -0.359 e. The molecule has 0 aromatic heterocycles. The highest BCUT2D eigenvalue weighted by Crippen LogP contribution is 1.80. The second-order valence-electron chi connectivity index (χ2n) is 1.91. The first-order valence-corrected chi connectivity index (χ1v) is 4.36. The van der Waals surface area contributed by atoms with Gasteiger partial charge in [-0.25, -0.2) is 0 Å². The molecule has 64 valence electrons. The van der Waals surface area contributed by atoms with Crippen LogP contribution in [-0.2, 0) is 9.59 Å². The maximum absolute atomic E-state index is 10.6. The zero-order valence-electron chi connectivity index (χ0n) is 6.32. The van der Waals surface area contributed by atoms with E-state index >= 15 is 0 Å². The average molecular weight is 223 g/mol. The Hall–Kier alpha value is -0.580. The van der Waals surface area contributed by atoms with Gasteiger partial charge in [-0.3, -0.25) is 9.59 Å². The number of halogens is 1. The van der Waals surface area contributed by atoms with Gasteiger partial charge in [0.15, 0.2) is 0 Å². The van der Waals surface area contributed by atoms with Crippen molar-refractivity contribution in [3.63, 3.8) is 0 Å². The van der Waals surface area contributed by atoms with Crippen molar-refractivity contribution in [3.05, 3.63) is 0 Å². The number of hydrogen-bond donors (Lipinski definition) is 2. The number of carbonyl (C=O) groups excluding carboxylic acids is 2. The molecule has 0 aromatic carbocycles. The summed E-state index contributed by atoms with van der Waals surface area (Å²) in [6, 6.07) is 0. The first-order valence-electron chi connectivity index (χ1n) is 3.24. The number of nitrogens with one attached hydrogen (secondary N) is 2. The second-order valence-corrected chi connectivity index (χ2v) is 2.47. The van der Waals surface area contributed by atoms with Crippen LogP contribution in [0.3, 0.4) is 0 Å². The van der Waals surface area contributed by atoms with Crippen molar-refractivity contribution in [2.24, 2.45) is 0 Å². The van der Waals surface area contributed by atoms with Gasteiger partial charge in [-0.15, -0.1) is 0 Å². The number of alkyl halides is 1. The van der Waals surface area contributed by atoms with E-state index in [2.05, 4.69) is 26.6 Å². The van der Waals surface area contributed by atoms with Gasteiger partial charge in [-0.1, -0.05) is 15.9 Å². The number of hydrogen-bond acceptors (Lipinski definition) is 2. The highest BCUT2D eigenvalue weighted by Gasteiger charge is 1.99. The first kappa shape index (κ1) is 10.4. The molecule has 11 heavy (non-hydrogen) atoms. The molecule has 0 spiro atoms. The van der Waals surface area contributed by atoms with Crippen molar-refractivity contribution in [1.82, 2.24) is 10.6 Å². The quantitative estimate of drug-likeness (QED) is 0.639. The third kappa shape index (κ3) is 5.84. The van der Waals surface area contributed by atoms with Crippen LogP contribution in [0.2, 0.25) is 0 Å². The van der Waals surface area contributed by atoms with Crippen LogP contribution in [0.5, 0.6) is 0 Å². The van der Waals surface area contributed by atoms with Crippen molar-refractivity contribution < 1.29 is 9.59 Å². The fourth-order valence-corrected chi connectivity index (χ4v) is 0.686. The summed E-state index contributed by atoms with van der Waals surface area (Å²) in [5.74, 6) is -0.172. The number of rotatable bonds is 4. The van der Waals surface area contributed by atoms with E-state index in [4.69, 9.17) is 0 Å². The molecule has 0 heterocycles. The molecule has 0 atom stereocenters. The van der Waals surface area contributed by atoms with Crippen molar-refractivity contribution in [3.8, 4) is 0 Å². The molecule has 0 saturated heterocycles. The van der Waals surface area contributed by atoms with Gasteiger partial charge >= 0.3 is 0 Å². The zero-order chi connectivity index (χ0) is 8.69. The Kier molecular flexibility index (Phi) is 5.83. The summed E-state index contributed by atoms with van der Waals surface area (Å²) in [6.07, 6.45) is 0.329. The Balaban J connectivity index is 3.27. The van der Waals surface area contributed by atoms with Crippen molar-refractivity contribution in [2.75, 3.05) is 18.9 Å². The first-order chi connectivity index (χ1) is 5.20. The van der Waals surface area contributed by atoms with Gasteiger partial charge in [0.2, 0.25) is 11.8 Å². The van der Waals surface area contributed by atoms with Gasteiger partial charge in [0.25, 0.3) is 0 Å². The summed E-state index contributed by atoms with van der Waals surface area (Å²) in [5.41, 5.74) is 0. The van der Waals surface area contributed by atoms with E-state index in [0.717, 1.165) is 0 Å². The topological polar surface area (TPSA) is 58.2 Å². The van der Waals surface area contributed by atoms with Crippen LogP contribution in [0.25, 0.3) is 0 Å². The van der Waals surface area contributed by atoms with E-state index in [1.165, 1.54) is 0 Å². The summed E-state index contributed by atoms with van der Waals surface area (Å²) in [5, 5.41) is 5.28. The van der Waals surface area contributed by atoms with E-state index < -0.39 is 0 Å². The lowest BCUT2D eigenvalue weighted by atomic mass is 10.4. The molecular formula is C6H11BrN2O2. The Morgan fingerprint density at radius 1 is 1.36 bits per heavy atom. The minimum absolute atomic E-state index is 0.0696. The second kappa shape index (κ2) is 6.15. The van der Waals surface area contributed by atoms with Gasteiger partial charge in [-0.05, 0) is 0 Å². The molecule has 4 nitrogen and oxygen atoms in total. The number of carbonyl (C=O) groups is 2. The molecule has 0 bridgehead atoms. The summed E-state index contributed by atoms with van der Waals surface area (Å²) < 4.78 is 0. The fourth-order valence-electron chi connectivity index (χ4n) is 0.488. The highest BCUT2D eigenvalue weighted by atomic mass is 79.9. The molecule has 5 heteroatoms. The third-order valence-corrected chi connectivity index (χ3v) is 1.58. The van der Waals surface area contributed by atoms with Crippen LogP contribution in [0.4, 0.5) is 0 Å².